The highest BCUT2D eigenvalue weighted by Crippen LogP contribution is 2.46. The summed E-state index contributed by atoms with van der Waals surface area (Å²) in [6, 6.07) is 0. The van der Waals surface area contributed by atoms with Crippen molar-refractivity contribution in [3.8, 4) is 0 Å². The lowest BCUT2D eigenvalue weighted by Crippen LogP contribution is -2.39. The molecule has 2 rings (SSSR count). The zero-order valence-electron chi connectivity index (χ0n) is 12.9. The van der Waals surface area contributed by atoms with Crippen molar-refractivity contribution in [3.63, 3.8) is 0 Å². The van der Waals surface area contributed by atoms with Gasteiger partial charge in [0.05, 0.1) is 0 Å². The van der Waals surface area contributed by atoms with E-state index < -0.39 is 0 Å². The summed E-state index contributed by atoms with van der Waals surface area (Å²) in [7, 11) is 1.78. The third-order valence-corrected chi connectivity index (χ3v) is 4.57. The maximum absolute atomic E-state index is 5.88. The molecular weight excluding hydrogens is 254 g/mol. The standard InChI is InChI=1S/C14H27N5O/c1-13(2)6-8-14(20-3,9-7-13)12-16-17-18-19(12)11-5-4-10-15/h4-11,15H2,1-3H3. The van der Waals surface area contributed by atoms with Crippen LogP contribution in [0.5, 0.6) is 0 Å². The Labute approximate surface area is 121 Å². The summed E-state index contributed by atoms with van der Waals surface area (Å²) in [6.07, 6.45) is 6.22. The fourth-order valence-corrected chi connectivity index (χ4v) is 2.94. The van der Waals surface area contributed by atoms with Gasteiger partial charge >= 0.3 is 0 Å². The molecular formula is C14H27N5O. The number of hydrogen-bond acceptors (Lipinski definition) is 5. The first-order chi connectivity index (χ1) is 9.53. The Morgan fingerprint density at radius 1 is 1.20 bits per heavy atom. The van der Waals surface area contributed by atoms with Gasteiger partial charge < -0.3 is 10.5 Å². The molecule has 114 valence electrons. The highest BCUT2D eigenvalue weighted by atomic mass is 16.5. The Morgan fingerprint density at radius 2 is 1.90 bits per heavy atom. The van der Waals surface area contributed by atoms with Gasteiger partial charge in [0.15, 0.2) is 5.82 Å². The monoisotopic (exact) mass is 281 g/mol. The number of nitrogens with two attached hydrogens (primary N) is 1. The van der Waals surface area contributed by atoms with Crippen LogP contribution in [0.3, 0.4) is 0 Å². The normalized spacial score (nSPS) is 21.0. The molecule has 0 radical (unpaired) electrons. The first-order valence-electron chi connectivity index (χ1n) is 7.55. The van der Waals surface area contributed by atoms with Crippen molar-refractivity contribution < 1.29 is 4.74 Å². The van der Waals surface area contributed by atoms with Gasteiger partial charge in [0.1, 0.15) is 5.60 Å². The number of nitrogens with zero attached hydrogens (tertiary/aromatic N) is 4. The van der Waals surface area contributed by atoms with Gasteiger partial charge in [-0.05, 0) is 60.9 Å². The van der Waals surface area contributed by atoms with Crippen molar-refractivity contribution in [3.05, 3.63) is 5.82 Å². The minimum atomic E-state index is -0.318. The average molecular weight is 281 g/mol. The summed E-state index contributed by atoms with van der Waals surface area (Å²) >= 11 is 0. The molecule has 0 bridgehead atoms. The van der Waals surface area contributed by atoms with Crippen LogP contribution in [-0.2, 0) is 16.9 Å². The zero-order valence-corrected chi connectivity index (χ0v) is 12.9. The molecule has 1 fully saturated rings. The fraction of sp³-hybridized carbons (Fsp3) is 0.929. The van der Waals surface area contributed by atoms with Crippen LogP contribution in [0.2, 0.25) is 0 Å². The summed E-state index contributed by atoms with van der Waals surface area (Å²) in [5.41, 5.74) is 5.62. The Morgan fingerprint density at radius 3 is 2.50 bits per heavy atom. The van der Waals surface area contributed by atoms with E-state index in [0.29, 0.717) is 12.0 Å². The smallest absolute Gasteiger partial charge is 0.183 e. The van der Waals surface area contributed by atoms with Gasteiger partial charge in [-0.15, -0.1) is 5.10 Å². The number of methoxy groups -OCH3 is 1. The van der Waals surface area contributed by atoms with E-state index in [9.17, 15) is 0 Å². The highest BCUT2D eigenvalue weighted by Gasteiger charge is 2.43. The van der Waals surface area contributed by atoms with Crippen molar-refractivity contribution in [1.29, 1.82) is 0 Å². The maximum Gasteiger partial charge on any atom is 0.183 e. The lowest BCUT2D eigenvalue weighted by atomic mass is 9.70. The van der Waals surface area contributed by atoms with Crippen LogP contribution in [0, 0.1) is 5.41 Å². The first-order valence-corrected chi connectivity index (χ1v) is 7.55. The van der Waals surface area contributed by atoms with E-state index in [-0.39, 0.29) is 5.60 Å². The molecule has 0 aliphatic heterocycles. The summed E-state index contributed by atoms with van der Waals surface area (Å²) in [6.45, 7) is 6.16. The summed E-state index contributed by atoms with van der Waals surface area (Å²) < 4.78 is 7.78. The molecule has 2 N–H and O–H groups in total. The van der Waals surface area contributed by atoms with Gasteiger partial charge in [-0.2, -0.15) is 0 Å². The number of hydrogen-bond donors (Lipinski definition) is 1. The molecule has 1 aliphatic rings. The maximum atomic E-state index is 5.88. The predicted molar refractivity (Wildman–Crippen MR) is 77.0 cm³/mol. The number of aromatic nitrogens is 4. The van der Waals surface area contributed by atoms with Gasteiger partial charge in [0.25, 0.3) is 0 Å². The quantitative estimate of drug-likeness (QED) is 0.805. The molecule has 6 heteroatoms. The molecule has 0 unspecified atom stereocenters. The Balaban J connectivity index is 2.14. The second-order valence-corrected chi connectivity index (χ2v) is 6.58. The molecule has 0 spiro atoms. The average Bonchev–Trinajstić information content (AvgIpc) is 2.89. The molecule has 6 nitrogen and oxygen atoms in total. The molecule has 1 saturated carbocycles. The number of unbranched alkanes of at least 4 members (excludes halogenated alkanes) is 1. The summed E-state index contributed by atoms with van der Waals surface area (Å²) in [4.78, 5) is 0. The van der Waals surface area contributed by atoms with Gasteiger partial charge in [-0.25, -0.2) is 4.68 Å². The second-order valence-electron chi connectivity index (χ2n) is 6.58. The van der Waals surface area contributed by atoms with E-state index in [2.05, 4.69) is 29.4 Å². The van der Waals surface area contributed by atoms with E-state index in [4.69, 9.17) is 10.5 Å². The zero-order chi connectivity index (χ0) is 14.6. The molecule has 1 heterocycles. The minimum absolute atomic E-state index is 0.318. The van der Waals surface area contributed by atoms with E-state index in [1.165, 1.54) is 0 Å². The molecule has 0 aromatic carbocycles. The molecule has 0 atom stereocenters. The van der Waals surface area contributed by atoms with Crippen LogP contribution in [0.25, 0.3) is 0 Å². The molecule has 1 aliphatic carbocycles. The topological polar surface area (TPSA) is 78.9 Å². The third-order valence-electron chi connectivity index (χ3n) is 4.57. The number of tetrazole rings is 1. The van der Waals surface area contributed by atoms with Gasteiger partial charge in [-0.3, -0.25) is 0 Å². The summed E-state index contributed by atoms with van der Waals surface area (Å²) in [5.74, 6) is 0.882. The van der Waals surface area contributed by atoms with Crippen molar-refractivity contribution in [2.24, 2.45) is 11.1 Å². The van der Waals surface area contributed by atoms with Crippen molar-refractivity contribution in [2.45, 2.75) is 64.5 Å². The number of ether oxygens (including phenoxy) is 1. The van der Waals surface area contributed by atoms with Crippen LogP contribution in [0.1, 0.15) is 58.2 Å². The van der Waals surface area contributed by atoms with Gasteiger partial charge in [0.2, 0.25) is 0 Å². The second kappa shape index (κ2) is 6.18. The molecule has 0 saturated heterocycles. The largest absolute Gasteiger partial charge is 0.370 e. The van der Waals surface area contributed by atoms with E-state index in [1.54, 1.807) is 7.11 Å². The van der Waals surface area contributed by atoms with Crippen molar-refractivity contribution in [1.82, 2.24) is 20.2 Å². The van der Waals surface area contributed by atoms with Crippen LogP contribution in [0.4, 0.5) is 0 Å². The first kappa shape index (κ1) is 15.4. The van der Waals surface area contributed by atoms with Crippen LogP contribution < -0.4 is 5.73 Å². The molecule has 1 aromatic rings. The molecule has 0 amide bonds. The SMILES string of the molecule is COC1(c2nnnn2CCCCN)CCC(C)(C)CC1. The Hall–Kier alpha value is -1.01. The molecule has 20 heavy (non-hydrogen) atoms. The Bertz CT molecular complexity index is 419. The van der Waals surface area contributed by atoms with Crippen LogP contribution >= 0.6 is 0 Å². The van der Waals surface area contributed by atoms with E-state index in [1.807, 2.05) is 4.68 Å². The third kappa shape index (κ3) is 3.17. The van der Waals surface area contributed by atoms with Gasteiger partial charge in [-0.1, -0.05) is 13.8 Å². The lowest BCUT2D eigenvalue weighted by molar-refractivity contribution is -0.0758. The molecule has 1 aromatic heterocycles. The van der Waals surface area contributed by atoms with E-state index in [0.717, 1.165) is 50.9 Å². The minimum Gasteiger partial charge on any atom is -0.370 e. The fourth-order valence-electron chi connectivity index (χ4n) is 2.94. The Kier molecular flexibility index (Phi) is 4.75. The van der Waals surface area contributed by atoms with Crippen LogP contribution in [-0.4, -0.2) is 33.9 Å². The van der Waals surface area contributed by atoms with Gasteiger partial charge in [0, 0.05) is 13.7 Å². The van der Waals surface area contributed by atoms with E-state index >= 15 is 0 Å². The van der Waals surface area contributed by atoms with Crippen LogP contribution in [0.15, 0.2) is 0 Å². The highest BCUT2D eigenvalue weighted by molar-refractivity contribution is 5.04. The number of rotatable bonds is 6. The van der Waals surface area contributed by atoms with Crippen molar-refractivity contribution in [2.75, 3.05) is 13.7 Å². The number of aryl methyl sites for hydroxylation is 1. The van der Waals surface area contributed by atoms with Crippen molar-refractivity contribution >= 4 is 0 Å². The lowest BCUT2D eigenvalue weighted by Gasteiger charge is -2.41. The summed E-state index contributed by atoms with van der Waals surface area (Å²) in [5, 5.41) is 12.2. The predicted octanol–water partition coefficient (Wildman–Crippen LogP) is 1.85.